The van der Waals surface area contributed by atoms with Crippen molar-refractivity contribution >= 4 is 46.4 Å². The number of hydrogen-bond acceptors (Lipinski definition) is 3. The highest BCUT2D eigenvalue weighted by atomic mass is 35.5. The smallest absolute Gasteiger partial charge is 0.257 e. The number of nitrogens with zero attached hydrogens (tertiary/aromatic N) is 2. The molecule has 0 spiro atoms. The minimum absolute atomic E-state index is 0.00171. The van der Waals surface area contributed by atoms with Gasteiger partial charge in [-0.15, -0.1) is 0 Å². The van der Waals surface area contributed by atoms with Crippen molar-refractivity contribution in [2.24, 2.45) is 5.16 Å². The zero-order chi connectivity index (χ0) is 22.7. The van der Waals surface area contributed by atoms with E-state index < -0.39 is 17.8 Å². The Labute approximate surface area is 200 Å². The summed E-state index contributed by atoms with van der Waals surface area (Å²) in [6.45, 7) is 0.462. The molecule has 1 aliphatic heterocycles. The van der Waals surface area contributed by atoms with Gasteiger partial charge in [0.25, 0.3) is 5.91 Å². The molecular weight excluding hydrogens is 474 g/mol. The second-order valence-corrected chi connectivity index (χ2v) is 8.64. The number of amides is 1. The first kappa shape index (κ1) is 22.6. The van der Waals surface area contributed by atoms with Crippen LogP contribution in [0.5, 0.6) is 0 Å². The van der Waals surface area contributed by atoms with Crippen LogP contribution in [0.2, 0.25) is 15.1 Å². The molecule has 4 nitrogen and oxygen atoms in total. The van der Waals surface area contributed by atoms with Crippen LogP contribution in [-0.4, -0.2) is 29.2 Å². The lowest BCUT2D eigenvalue weighted by molar-refractivity contribution is 0.0402. The molecule has 0 fully saturated rings. The Hall–Kier alpha value is -2.60. The molecule has 0 unspecified atom stereocenters. The second-order valence-electron chi connectivity index (χ2n) is 7.39. The SMILES string of the molecule is O=C(c1ccccc1F)N(Cc1cccc(Cl)c1)C[C@H]1CC(c2ccc(Cl)c(Cl)c2)=NO1. The van der Waals surface area contributed by atoms with E-state index in [1.54, 1.807) is 47.4 Å². The highest BCUT2D eigenvalue weighted by molar-refractivity contribution is 6.42. The zero-order valence-corrected chi connectivity index (χ0v) is 19.0. The molecule has 1 heterocycles. The van der Waals surface area contributed by atoms with Gasteiger partial charge in [-0.05, 0) is 42.0 Å². The lowest BCUT2D eigenvalue weighted by Gasteiger charge is -2.25. The van der Waals surface area contributed by atoms with Gasteiger partial charge in [-0.25, -0.2) is 4.39 Å². The number of benzene rings is 3. The van der Waals surface area contributed by atoms with Gasteiger partial charge in [0.15, 0.2) is 6.10 Å². The van der Waals surface area contributed by atoms with E-state index in [0.29, 0.717) is 27.2 Å². The Morgan fingerprint density at radius 3 is 2.59 bits per heavy atom. The van der Waals surface area contributed by atoms with E-state index in [4.69, 9.17) is 39.6 Å². The predicted octanol–water partition coefficient (Wildman–Crippen LogP) is 6.62. The number of rotatable bonds is 6. The summed E-state index contributed by atoms with van der Waals surface area (Å²) in [4.78, 5) is 20.3. The first-order valence-electron chi connectivity index (χ1n) is 9.87. The van der Waals surface area contributed by atoms with Crippen molar-refractivity contribution < 1.29 is 14.0 Å². The van der Waals surface area contributed by atoms with Gasteiger partial charge in [-0.3, -0.25) is 4.79 Å². The van der Waals surface area contributed by atoms with Crippen molar-refractivity contribution in [1.29, 1.82) is 0 Å². The minimum Gasteiger partial charge on any atom is -0.390 e. The van der Waals surface area contributed by atoms with Crippen LogP contribution in [0.4, 0.5) is 4.39 Å². The molecule has 0 radical (unpaired) electrons. The van der Waals surface area contributed by atoms with Crippen molar-refractivity contribution in [1.82, 2.24) is 4.90 Å². The maximum atomic E-state index is 14.3. The normalized spacial score (nSPS) is 15.2. The van der Waals surface area contributed by atoms with Gasteiger partial charge in [-0.1, -0.05) is 70.3 Å². The third-order valence-corrected chi connectivity index (χ3v) is 6.04. The van der Waals surface area contributed by atoms with Crippen LogP contribution in [0.1, 0.15) is 27.9 Å². The number of hydrogen-bond donors (Lipinski definition) is 0. The zero-order valence-electron chi connectivity index (χ0n) is 16.8. The van der Waals surface area contributed by atoms with E-state index >= 15 is 0 Å². The highest BCUT2D eigenvalue weighted by Gasteiger charge is 2.28. The summed E-state index contributed by atoms with van der Waals surface area (Å²) in [5.41, 5.74) is 2.32. The highest BCUT2D eigenvalue weighted by Crippen LogP contribution is 2.26. The molecule has 0 saturated carbocycles. The molecule has 1 amide bonds. The van der Waals surface area contributed by atoms with E-state index in [-0.39, 0.29) is 18.7 Å². The summed E-state index contributed by atoms with van der Waals surface area (Å²) in [6, 6.07) is 18.3. The van der Waals surface area contributed by atoms with Gasteiger partial charge in [0.2, 0.25) is 0 Å². The average molecular weight is 492 g/mol. The van der Waals surface area contributed by atoms with Crippen molar-refractivity contribution in [2.75, 3.05) is 6.54 Å². The van der Waals surface area contributed by atoms with E-state index in [2.05, 4.69) is 5.16 Å². The molecule has 0 bridgehead atoms. The summed E-state index contributed by atoms with van der Waals surface area (Å²) in [6.07, 6.45) is 0.0727. The summed E-state index contributed by atoms with van der Waals surface area (Å²) < 4.78 is 14.3. The average Bonchev–Trinajstić information content (AvgIpc) is 3.24. The van der Waals surface area contributed by atoms with Gasteiger partial charge in [0.1, 0.15) is 5.82 Å². The third kappa shape index (κ3) is 5.23. The second kappa shape index (κ2) is 9.90. The monoisotopic (exact) mass is 490 g/mol. The Bertz CT molecular complexity index is 1190. The van der Waals surface area contributed by atoms with E-state index in [1.165, 1.54) is 12.1 Å². The van der Waals surface area contributed by atoms with E-state index in [9.17, 15) is 9.18 Å². The molecule has 1 aliphatic rings. The van der Waals surface area contributed by atoms with E-state index in [0.717, 1.165) is 11.1 Å². The van der Waals surface area contributed by atoms with Crippen LogP contribution < -0.4 is 0 Å². The van der Waals surface area contributed by atoms with Crippen LogP contribution in [0.25, 0.3) is 0 Å². The fourth-order valence-electron chi connectivity index (χ4n) is 3.50. The summed E-state index contributed by atoms with van der Waals surface area (Å²) in [7, 11) is 0. The van der Waals surface area contributed by atoms with Gasteiger partial charge in [-0.2, -0.15) is 0 Å². The minimum atomic E-state index is -0.575. The Morgan fingerprint density at radius 1 is 1.03 bits per heavy atom. The van der Waals surface area contributed by atoms with Gasteiger partial charge in [0.05, 0.1) is 27.9 Å². The first-order chi connectivity index (χ1) is 15.4. The first-order valence-corrected chi connectivity index (χ1v) is 11.0. The van der Waals surface area contributed by atoms with Gasteiger partial charge < -0.3 is 9.74 Å². The molecule has 1 atom stereocenters. The van der Waals surface area contributed by atoms with Crippen molar-refractivity contribution in [2.45, 2.75) is 19.1 Å². The third-order valence-electron chi connectivity index (χ3n) is 5.06. The lowest BCUT2D eigenvalue weighted by Crippen LogP contribution is -2.37. The van der Waals surface area contributed by atoms with Crippen molar-refractivity contribution in [3.05, 3.63) is 104 Å². The topological polar surface area (TPSA) is 41.9 Å². The predicted molar refractivity (Wildman–Crippen MR) is 125 cm³/mol. The van der Waals surface area contributed by atoms with Crippen molar-refractivity contribution in [3.8, 4) is 0 Å². The van der Waals surface area contributed by atoms with Crippen molar-refractivity contribution in [3.63, 3.8) is 0 Å². The lowest BCUT2D eigenvalue weighted by atomic mass is 10.0. The molecule has 3 aromatic rings. The quantitative estimate of drug-likeness (QED) is 0.389. The molecule has 164 valence electrons. The number of carbonyl (C=O) groups excluding carboxylic acids is 1. The number of halogens is 4. The molecule has 0 aliphatic carbocycles. The Balaban J connectivity index is 1.53. The molecule has 0 N–H and O–H groups in total. The summed E-state index contributed by atoms with van der Waals surface area (Å²) in [5, 5.41) is 5.60. The fourth-order valence-corrected chi connectivity index (χ4v) is 4.01. The fraction of sp³-hybridized carbons (Fsp3) is 0.167. The number of carbonyl (C=O) groups is 1. The molecule has 4 rings (SSSR count). The van der Waals surface area contributed by atoms with Crippen LogP contribution in [0.3, 0.4) is 0 Å². The number of oxime groups is 1. The molecule has 0 saturated heterocycles. The summed E-state index contributed by atoms with van der Waals surface area (Å²) in [5.74, 6) is -1.01. The van der Waals surface area contributed by atoms with E-state index in [1.807, 2.05) is 12.1 Å². The maximum absolute atomic E-state index is 14.3. The maximum Gasteiger partial charge on any atom is 0.257 e. The van der Waals surface area contributed by atoms with Gasteiger partial charge >= 0.3 is 0 Å². The molecule has 3 aromatic carbocycles. The molecular formula is C24H18Cl3FN2O2. The molecule has 0 aromatic heterocycles. The van der Waals surface area contributed by atoms with Crippen LogP contribution in [0, 0.1) is 5.82 Å². The molecule has 8 heteroatoms. The van der Waals surface area contributed by atoms with Crippen LogP contribution >= 0.6 is 34.8 Å². The summed E-state index contributed by atoms with van der Waals surface area (Å²) >= 11 is 18.2. The van der Waals surface area contributed by atoms with Gasteiger partial charge in [0, 0.05) is 23.6 Å². The van der Waals surface area contributed by atoms with Crippen LogP contribution in [0.15, 0.2) is 71.9 Å². The molecule has 32 heavy (non-hydrogen) atoms. The Kier molecular flexibility index (Phi) is 6.99. The van der Waals surface area contributed by atoms with Crippen LogP contribution in [-0.2, 0) is 11.4 Å². The Morgan fingerprint density at radius 2 is 1.84 bits per heavy atom. The standard InChI is InChI=1S/C24H18Cl3FN2O2/c25-17-5-3-4-15(10-17)13-30(24(31)19-6-1-2-7-22(19)28)14-18-12-23(29-32-18)16-8-9-20(26)21(27)11-16/h1-11,18H,12-14H2/t18-/m1/s1. The largest absolute Gasteiger partial charge is 0.390 e.